The summed E-state index contributed by atoms with van der Waals surface area (Å²) in [7, 11) is 1.62. The molecule has 6 heteroatoms. The van der Waals surface area contributed by atoms with Gasteiger partial charge in [0.2, 0.25) is 0 Å². The number of benzene rings is 1. The number of cyclic esters (lactones) is 1. The lowest BCUT2D eigenvalue weighted by Crippen LogP contribution is -2.35. The topological polar surface area (TPSA) is 47.6 Å². The Morgan fingerprint density at radius 1 is 1.53 bits per heavy atom. The second-order valence-corrected chi connectivity index (χ2v) is 4.42. The molecule has 1 N–H and O–H groups in total. The van der Waals surface area contributed by atoms with Crippen LogP contribution in [0.25, 0.3) is 0 Å². The lowest BCUT2D eigenvalue weighted by atomic mass is 10.0. The minimum absolute atomic E-state index is 0. The number of methoxy groups -OCH3 is 1. The molecular formula is C11H13BrClNO3. The van der Waals surface area contributed by atoms with Gasteiger partial charge in [-0.15, -0.1) is 12.4 Å². The molecule has 94 valence electrons. The van der Waals surface area contributed by atoms with Crippen LogP contribution in [0.2, 0.25) is 0 Å². The summed E-state index contributed by atoms with van der Waals surface area (Å²) in [4.78, 5) is 11.1. The van der Waals surface area contributed by atoms with Gasteiger partial charge in [-0.1, -0.05) is 22.0 Å². The number of hydrogen-bond acceptors (Lipinski definition) is 3. The fourth-order valence-electron chi connectivity index (χ4n) is 1.73. The third-order valence-corrected chi connectivity index (χ3v) is 3.00. The van der Waals surface area contributed by atoms with Gasteiger partial charge in [0.1, 0.15) is 5.75 Å². The maximum absolute atomic E-state index is 11.1. The molecule has 0 saturated carbocycles. The van der Waals surface area contributed by atoms with Crippen LogP contribution in [0.5, 0.6) is 5.75 Å². The Hall–Kier alpha value is -0.940. The highest BCUT2D eigenvalue weighted by Gasteiger charge is 2.23. The third-order valence-electron chi connectivity index (χ3n) is 2.50. The monoisotopic (exact) mass is 321 g/mol. The van der Waals surface area contributed by atoms with Crippen molar-refractivity contribution in [2.75, 3.05) is 13.7 Å². The van der Waals surface area contributed by atoms with E-state index < -0.39 is 0 Å². The van der Waals surface area contributed by atoms with E-state index in [1.165, 1.54) is 0 Å². The number of rotatable bonds is 2. The van der Waals surface area contributed by atoms with Gasteiger partial charge in [-0.2, -0.15) is 0 Å². The summed E-state index contributed by atoms with van der Waals surface area (Å²) in [6.45, 7) is 0.440. The molecule has 1 aromatic carbocycles. The number of carbonyl (C=O) groups is 1. The van der Waals surface area contributed by atoms with Crippen LogP contribution in [0.15, 0.2) is 22.7 Å². The van der Waals surface area contributed by atoms with E-state index in [1.807, 2.05) is 18.2 Å². The maximum Gasteiger partial charge on any atom is 0.407 e. The number of carbonyl (C=O) groups excluding carboxylic acids is 1. The first-order valence-electron chi connectivity index (χ1n) is 4.97. The van der Waals surface area contributed by atoms with Crippen molar-refractivity contribution in [2.24, 2.45) is 0 Å². The molecule has 0 aliphatic carbocycles. The van der Waals surface area contributed by atoms with Crippen LogP contribution in [0, 0.1) is 0 Å². The van der Waals surface area contributed by atoms with Crippen LogP contribution >= 0.6 is 28.3 Å². The minimum atomic E-state index is -0.374. The van der Waals surface area contributed by atoms with Crippen LogP contribution in [-0.2, 0) is 4.74 Å². The van der Waals surface area contributed by atoms with E-state index in [9.17, 15) is 4.79 Å². The molecule has 1 saturated heterocycles. The lowest BCUT2D eigenvalue weighted by Gasteiger charge is -2.25. The summed E-state index contributed by atoms with van der Waals surface area (Å²) in [5, 5.41) is 2.77. The van der Waals surface area contributed by atoms with Gasteiger partial charge in [-0.25, -0.2) is 4.79 Å². The summed E-state index contributed by atoms with van der Waals surface area (Å²) in [5.41, 5.74) is 0.974. The van der Waals surface area contributed by atoms with Crippen molar-refractivity contribution in [3.8, 4) is 5.75 Å². The molecule has 0 spiro atoms. The van der Waals surface area contributed by atoms with Crippen molar-refractivity contribution in [1.29, 1.82) is 0 Å². The Labute approximate surface area is 114 Å². The molecule has 1 fully saturated rings. The van der Waals surface area contributed by atoms with Crippen LogP contribution in [0.4, 0.5) is 4.79 Å². The van der Waals surface area contributed by atoms with Crippen molar-refractivity contribution in [1.82, 2.24) is 5.32 Å². The van der Waals surface area contributed by atoms with E-state index in [2.05, 4.69) is 21.2 Å². The summed E-state index contributed by atoms with van der Waals surface area (Å²) in [6.07, 6.45) is 0.380. The number of amides is 1. The normalized spacial score (nSPS) is 18.7. The van der Waals surface area contributed by atoms with Crippen LogP contribution in [0.3, 0.4) is 0 Å². The Kier molecular flexibility index (Phi) is 5.08. The van der Waals surface area contributed by atoms with E-state index in [0.29, 0.717) is 6.61 Å². The zero-order valence-electron chi connectivity index (χ0n) is 9.23. The number of alkyl carbamates (subject to hydrolysis) is 1. The van der Waals surface area contributed by atoms with Crippen molar-refractivity contribution in [3.05, 3.63) is 28.2 Å². The number of nitrogens with one attached hydrogen (secondary N) is 1. The number of hydrogen-bond donors (Lipinski definition) is 1. The Bertz CT molecular complexity index is 414. The quantitative estimate of drug-likeness (QED) is 0.910. The molecule has 0 bridgehead atoms. The lowest BCUT2D eigenvalue weighted by molar-refractivity contribution is 0.115. The van der Waals surface area contributed by atoms with Gasteiger partial charge in [-0.3, -0.25) is 0 Å². The van der Waals surface area contributed by atoms with Gasteiger partial charge >= 0.3 is 6.09 Å². The van der Waals surface area contributed by atoms with Crippen LogP contribution < -0.4 is 10.1 Å². The molecule has 17 heavy (non-hydrogen) atoms. The molecule has 4 nitrogen and oxygen atoms in total. The third kappa shape index (κ3) is 3.26. The number of halogens is 2. The fraction of sp³-hybridized carbons (Fsp3) is 0.364. The van der Waals surface area contributed by atoms with Gasteiger partial charge in [0.25, 0.3) is 0 Å². The second kappa shape index (κ2) is 6.12. The second-order valence-electron chi connectivity index (χ2n) is 3.51. The first-order valence-corrected chi connectivity index (χ1v) is 5.76. The van der Waals surface area contributed by atoms with Gasteiger partial charge in [-0.05, 0) is 12.1 Å². The molecule has 1 atom stereocenters. The maximum atomic E-state index is 11.1. The highest BCUT2D eigenvalue weighted by Crippen LogP contribution is 2.31. The van der Waals surface area contributed by atoms with Crippen molar-refractivity contribution < 1.29 is 14.3 Å². The molecular weight excluding hydrogens is 309 g/mol. The van der Waals surface area contributed by atoms with Gasteiger partial charge in [0.15, 0.2) is 0 Å². The minimum Gasteiger partial charge on any atom is -0.496 e. The van der Waals surface area contributed by atoms with E-state index in [1.54, 1.807) is 7.11 Å². The van der Waals surface area contributed by atoms with E-state index in [4.69, 9.17) is 9.47 Å². The van der Waals surface area contributed by atoms with Gasteiger partial charge in [0, 0.05) is 16.5 Å². The fourth-order valence-corrected chi connectivity index (χ4v) is 2.07. The summed E-state index contributed by atoms with van der Waals surface area (Å²) >= 11 is 3.38. The highest BCUT2D eigenvalue weighted by atomic mass is 79.9. The van der Waals surface area contributed by atoms with Crippen LogP contribution in [0.1, 0.15) is 18.0 Å². The van der Waals surface area contributed by atoms with E-state index in [0.717, 1.165) is 22.2 Å². The SMILES string of the molecule is COc1cc(Br)ccc1[C@H]1CCOC(=O)N1.Cl. The predicted octanol–water partition coefficient (Wildman–Crippen LogP) is 3.05. The standard InChI is InChI=1S/C11H12BrNO3.ClH/c1-15-10-6-7(12)2-3-8(10)9-4-5-16-11(14)13-9;/h2-3,6,9H,4-5H2,1H3,(H,13,14);1H/t9-;/m1./s1. The molecule has 0 unspecified atom stereocenters. The zero-order valence-corrected chi connectivity index (χ0v) is 11.6. The van der Waals surface area contributed by atoms with Crippen LogP contribution in [-0.4, -0.2) is 19.8 Å². The molecule has 1 aromatic rings. The molecule has 1 heterocycles. The molecule has 1 aliphatic heterocycles. The largest absolute Gasteiger partial charge is 0.496 e. The predicted molar refractivity (Wildman–Crippen MR) is 69.8 cm³/mol. The zero-order chi connectivity index (χ0) is 11.5. The Morgan fingerprint density at radius 3 is 2.94 bits per heavy atom. The van der Waals surface area contributed by atoms with Gasteiger partial charge in [0.05, 0.1) is 19.8 Å². The number of ether oxygens (including phenoxy) is 2. The molecule has 0 radical (unpaired) electrons. The van der Waals surface area contributed by atoms with E-state index >= 15 is 0 Å². The smallest absolute Gasteiger partial charge is 0.407 e. The van der Waals surface area contributed by atoms with E-state index in [-0.39, 0.29) is 24.5 Å². The average Bonchev–Trinajstić information content (AvgIpc) is 2.28. The summed E-state index contributed by atoms with van der Waals surface area (Å²) < 4.78 is 11.1. The molecule has 2 rings (SSSR count). The highest BCUT2D eigenvalue weighted by molar-refractivity contribution is 9.10. The first-order chi connectivity index (χ1) is 7.70. The summed E-state index contributed by atoms with van der Waals surface area (Å²) in [5.74, 6) is 0.765. The van der Waals surface area contributed by atoms with Gasteiger partial charge < -0.3 is 14.8 Å². The molecule has 1 amide bonds. The van der Waals surface area contributed by atoms with Crippen molar-refractivity contribution in [3.63, 3.8) is 0 Å². The average molecular weight is 323 g/mol. The molecule has 0 aromatic heterocycles. The Balaban J connectivity index is 0.00000144. The van der Waals surface area contributed by atoms with Crippen molar-refractivity contribution >= 4 is 34.4 Å². The first kappa shape index (κ1) is 14.1. The molecule has 1 aliphatic rings. The summed E-state index contributed by atoms with van der Waals surface area (Å²) in [6, 6.07) is 5.72. The Morgan fingerprint density at radius 2 is 2.29 bits per heavy atom. The van der Waals surface area contributed by atoms with Crippen molar-refractivity contribution in [2.45, 2.75) is 12.5 Å².